The van der Waals surface area contributed by atoms with Crippen LogP contribution in [0.15, 0.2) is 12.1 Å². The van der Waals surface area contributed by atoms with E-state index in [9.17, 15) is 13.6 Å². The van der Waals surface area contributed by atoms with Crippen molar-refractivity contribution in [1.29, 1.82) is 5.26 Å². The molecule has 0 saturated heterocycles. The fourth-order valence-corrected chi connectivity index (χ4v) is 0.951. The highest BCUT2D eigenvalue weighted by Gasteiger charge is 2.17. The topological polar surface area (TPSA) is 53.8 Å². The van der Waals surface area contributed by atoms with Crippen molar-refractivity contribution in [3.8, 4) is 6.07 Å². The fourth-order valence-electron chi connectivity index (χ4n) is 0.845. The maximum Gasteiger partial charge on any atom is 0.281 e. The normalized spacial score (nSPS) is 9.93. The highest BCUT2D eigenvalue weighted by atomic mass is 35.5. The maximum atomic E-state index is 12.3. The van der Waals surface area contributed by atoms with E-state index in [1.165, 1.54) is 0 Å². The molecule has 1 heterocycles. The average Bonchev–Trinajstić information content (AvgIpc) is 2.16. The van der Waals surface area contributed by atoms with E-state index < -0.39 is 17.4 Å². The molecular formula is C8H3ClF2N2O. The lowest BCUT2D eigenvalue weighted by Crippen LogP contribution is -2.01. The first-order valence-corrected chi connectivity index (χ1v) is 3.83. The summed E-state index contributed by atoms with van der Waals surface area (Å²) in [4.78, 5) is 13.9. The van der Waals surface area contributed by atoms with Gasteiger partial charge in [0.2, 0.25) is 0 Å². The molecule has 0 amide bonds. The van der Waals surface area contributed by atoms with Crippen LogP contribution in [0.2, 0.25) is 0 Å². The van der Waals surface area contributed by atoms with Crippen molar-refractivity contribution < 1.29 is 13.6 Å². The van der Waals surface area contributed by atoms with Crippen molar-refractivity contribution in [3.63, 3.8) is 0 Å². The minimum absolute atomic E-state index is 0.262. The summed E-state index contributed by atoms with van der Waals surface area (Å²) in [6.07, 6.45) is -2.90. The molecule has 0 aromatic carbocycles. The first-order valence-electron chi connectivity index (χ1n) is 3.45. The Balaban J connectivity index is 3.29. The molecule has 0 unspecified atom stereocenters. The number of nitrogens with zero attached hydrogens (tertiary/aromatic N) is 2. The van der Waals surface area contributed by atoms with E-state index in [4.69, 9.17) is 16.9 Å². The van der Waals surface area contributed by atoms with Crippen LogP contribution in [0.25, 0.3) is 0 Å². The van der Waals surface area contributed by atoms with Crippen LogP contribution in [-0.4, -0.2) is 10.2 Å². The third kappa shape index (κ3) is 2.03. The molecule has 0 spiro atoms. The standard InChI is InChI=1S/C8H3ClF2N2O/c9-7(14)5-2-1-4(3-12)6(13-5)8(10)11/h1-2,8H. The highest BCUT2D eigenvalue weighted by molar-refractivity contribution is 6.67. The number of carbonyl (C=O) groups is 1. The van der Waals surface area contributed by atoms with Gasteiger partial charge >= 0.3 is 0 Å². The lowest BCUT2D eigenvalue weighted by Gasteiger charge is -2.02. The summed E-state index contributed by atoms with van der Waals surface area (Å²) >= 11 is 5.05. The van der Waals surface area contributed by atoms with E-state index >= 15 is 0 Å². The second-order valence-corrected chi connectivity index (χ2v) is 2.66. The molecule has 1 aromatic rings. The molecule has 0 N–H and O–H groups in total. The smallest absolute Gasteiger partial charge is 0.274 e. The quantitative estimate of drug-likeness (QED) is 0.713. The van der Waals surface area contributed by atoms with Gasteiger partial charge in [-0.1, -0.05) is 0 Å². The average molecular weight is 217 g/mol. The minimum atomic E-state index is -2.90. The number of nitriles is 1. The van der Waals surface area contributed by atoms with Gasteiger partial charge in [-0.15, -0.1) is 0 Å². The third-order valence-corrected chi connectivity index (χ3v) is 1.65. The first kappa shape index (κ1) is 10.5. The third-order valence-electron chi connectivity index (χ3n) is 1.45. The van der Waals surface area contributed by atoms with Gasteiger partial charge in [-0.05, 0) is 23.7 Å². The number of hydrogen-bond acceptors (Lipinski definition) is 3. The van der Waals surface area contributed by atoms with Crippen LogP contribution in [0.3, 0.4) is 0 Å². The Morgan fingerprint density at radius 2 is 2.21 bits per heavy atom. The second-order valence-electron chi connectivity index (χ2n) is 2.32. The Morgan fingerprint density at radius 1 is 1.57 bits per heavy atom. The predicted molar refractivity (Wildman–Crippen MR) is 44.1 cm³/mol. The number of carbonyl (C=O) groups excluding carboxylic acids is 1. The van der Waals surface area contributed by atoms with E-state index in [1.807, 2.05) is 0 Å². The van der Waals surface area contributed by atoms with Crippen LogP contribution in [0.4, 0.5) is 8.78 Å². The van der Waals surface area contributed by atoms with E-state index in [0.717, 1.165) is 12.1 Å². The molecular weight excluding hydrogens is 214 g/mol. The van der Waals surface area contributed by atoms with Gasteiger partial charge in [0.1, 0.15) is 17.5 Å². The summed E-state index contributed by atoms with van der Waals surface area (Å²) in [5, 5.41) is 7.52. The Morgan fingerprint density at radius 3 is 2.64 bits per heavy atom. The Bertz CT molecular complexity index is 414. The Hall–Kier alpha value is -1.54. The van der Waals surface area contributed by atoms with Crippen LogP contribution in [0.1, 0.15) is 28.2 Å². The zero-order valence-electron chi connectivity index (χ0n) is 6.67. The van der Waals surface area contributed by atoms with Gasteiger partial charge in [-0.2, -0.15) is 5.26 Å². The molecule has 14 heavy (non-hydrogen) atoms. The largest absolute Gasteiger partial charge is 0.281 e. The van der Waals surface area contributed by atoms with Crippen LogP contribution >= 0.6 is 11.6 Å². The summed E-state index contributed by atoms with van der Waals surface area (Å²) in [5.41, 5.74) is -1.28. The van der Waals surface area contributed by atoms with Gasteiger partial charge in [-0.25, -0.2) is 13.8 Å². The van der Waals surface area contributed by atoms with E-state index in [2.05, 4.69) is 4.98 Å². The van der Waals surface area contributed by atoms with Crippen LogP contribution in [0, 0.1) is 11.3 Å². The highest BCUT2D eigenvalue weighted by Crippen LogP contribution is 2.20. The molecule has 0 aliphatic carbocycles. The van der Waals surface area contributed by atoms with Gasteiger partial charge in [-0.3, -0.25) is 4.79 Å². The summed E-state index contributed by atoms with van der Waals surface area (Å²) in [7, 11) is 0. The van der Waals surface area contributed by atoms with Gasteiger partial charge in [0.15, 0.2) is 0 Å². The molecule has 1 rings (SSSR count). The van der Waals surface area contributed by atoms with Crippen LogP contribution in [0.5, 0.6) is 0 Å². The summed E-state index contributed by atoms with van der Waals surface area (Å²) in [5.74, 6) is 0. The van der Waals surface area contributed by atoms with E-state index in [-0.39, 0.29) is 11.3 Å². The van der Waals surface area contributed by atoms with Gasteiger partial charge in [0, 0.05) is 0 Å². The van der Waals surface area contributed by atoms with Crippen LogP contribution in [-0.2, 0) is 0 Å². The zero-order valence-corrected chi connectivity index (χ0v) is 7.42. The lowest BCUT2D eigenvalue weighted by molar-refractivity contribution is 0.107. The van der Waals surface area contributed by atoms with Gasteiger partial charge in [0.05, 0.1) is 5.56 Å². The summed E-state index contributed by atoms with van der Waals surface area (Å²) in [6, 6.07) is 3.76. The van der Waals surface area contributed by atoms with Gasteiger partial charge in [0.25, 0.3) is 11.7 Å². The number of hydrogen-bond donors (Lipinski definition) is 0. The molecule has 72 valence electrons. The van der Waals surface area contributed by atoms with Crippen molar-refractivity contribution in [1.82, 2.24) is 4.98 Å². The molecule has 0 fully saturated rings. The molecule has 6 heteroatoms. The second kappa shape index (κ2) is 4.11. The first-order chi connectivity index (χ1) is 6.56. The molecule has 0 saturated carbocycles. The molecule has 1 aromatic heterocycles. The minimum Gasteiger partial charge on any atom is -0.274 e. The molecule has 3 nitrogen and oxygen atoms in total. The monoisotopic (exact) mass is 216 g/mol. The number of halogens is 3. The molecule has 0 aliphatic rings. The van der Waals surface area contributed by atoms with Crippen molar-refractivity contribution >= 4 is 16.8 Å². The van der Waals surface area contributed by atoms with Crippen LogP contribution < -0.4 is 0 Å². The SMILES string of the molecule is N#Cc1ccc(C(=O)Cl)nc1C(F)F. The maximum absolute atomic E-state index is 12.3. The molecule has 0 bridgehead atoms. The zero-order chi connectivity index (χ0) is 10.7. The Labute approximate surface area is 82.9 Å². The van der Waals surface area contributed by atoms with Gasteiger partial charge < -0.3 is 0 Å². The fraction of sp³-hybridized carbons (Fsp3) is 0.125. The number of aromatic nitrogens is 1. The summed E-state index contributed by atoms with van der Waals surface area (Å²) in [6.45, 7) is 0. The molecule has 0 radical (unpaired) electrons. The van der Waals surface area contributed by atoms with E-state index in [1.54, 1.807) is 6.07 Å². The molecule has 0 atom stereocenters. The van der Waals surface area contributed by atoms with Crippen molar-refractivity contribution in [2.24, 2.45) is 0 Å². The number of alkyl halides is 2. The predicted octanol–water partition coefficient (Wildman–Crippen LogP) is 2.27. The number of rotatable bonds is 2. The molecule has 0 aliphatic heterocycles. The van der Waals surface area contributed by atoms with Crippen molar-refractivity contribution in [2.75, 3.05) is 0 Å². The summed E-state index contributed by atoms with van der Waals surface area (Å²) < 4.78 is 24.6. The van der Waals surface area contributed by atoms with E-state index in [0.29, 0.717) is 0 Å². The number of pyridine rings is 1. The lowest BCUT2D eigenvalue weighted by atomic mass is 10.2. The Kier molecular flexibility index (Phi) is 3.10. The van der Waals surface area contributed by atoms with Crippen molar-refractivity contribution in [2.45, 2.75) is 6.43 Å². The van der Waals surface area contributed by atoms with Crippen molar-refractivity contribution in [3.05, 3.63) is 29.1 Å².